The summed E-state index contributed by atoms with van der Waals surface area (Å²) in [7, 11) is 0. The van der Waals surface area contributed by atoms with Crippen molar-refractivity contribution in [2.45, 2.75) is 39.5 Å². The molecule has 0 bridgehead atoms. The van der Waals surface area contributed by atoms with Crippen LogP contribution in [-0.4, -0.2) is 41.6 Å². The van der Waals surface area contributed by atoms with E-state index in [0.717, 1.165) is 0 Å². The average Bonchev–Trinajstić information content (AvgIpc) is 2.89. The van der Waals surface area contributed by atoms with E-state index in [-0.39, 0.29) is 18.0 Å². The number of carboxylic acid groups (broad SMARTS) is 1. The van der Waals surface area contributed by atoms with Crippen LogP contribution < -0.4 is 5.32 Å². The summed E-state index contributed by atoms with van der Waals surface area (Å²) in [6, 6.07) is 8.11. The second-order valence-electron chi connectivity index (χ2n) is 7.45. The number of carbonyl (C=O) groups excluding carboxylic acids is 1. The molecule has 2 N–H and O–H groups in total. The number of rotatable bonds is 4. The van der Waals surface area contributed by atoms with Crippen molar-refractivity contribution in [3.05, 3.63) is 35.4 Å². The number of carbonyl (C=O) groups is 2. The maximum Gasteiger partial charge on any atom is 0.317 e. The SMILES string of the molecule is Cc1ccc(C(C)(C)CNC(=O)N2CCC(C)(C(=O)O)C2)cc1. The van der Waals surface area contributed by atoms with E-state index in [2.05, 4.69) is 43.4 Å². The van der Waals surface area contributed by atoms with E-state index in [4.69, 9.17) is 0 Å². The standard InChI is InChI=1S/C18H26N2O3/c1-13-5-7-14(8-6-13)17(2,3)11-19-16(23)20-10-9-18(4,12-20)15(21)22/h5-8H,9-12H2,1-4H3,(H,19,23)(H,21,22). The Morgan fingerprint density at radius 2 is 1.91 bits per heavy atom. The molecule has 5 nitrogen and oxygen atoms in total. The predicted octanol–water partition coefficient (Wildman–Crippen LogP) is 2.78. The van der Waals surface area contributed by atoms with Gasteiger partial charge < -0.3 is 15.3 Å². The molecule has 0 aromatic heterocycles. The third-order valence-corrected chi connectivity index (χ3v) is 4.79. The number of urea groups is 1. The summed E-state index contributed by atoms with van der Waals surface area (Å²) >= 11 is 0. The minimum Gasteiger partial charge on any atom is -0.481 e. The third-order valence-electron chi connectivity index (χ3n) is 4.79. The highest BCUT2D eigenvalue weighted by molar-refractivity contribution is 5.79. The van der Waals surface area contributed by atoms with Crippen LogP contribution in [0.5, 0.6) is 0 Å². The summed E-state index contributed by atoms with van der Waals surface area (Å²) in [5.74, 6) is -0.840. The van der Waals surface area contributed by atoms with Crippen molar-refractivity contribution >= 4 is 12.0 Å². The molecule has 126 valence electrons. The number of likely N-dealkylation sites (tertiary alicyclic amines) is 1. The monoisotopic (exact) mass is 318 g/mol. The zero-order chi connectivity index (χ0) is 17.3. The number of hydrogen-bond acceptors (Lipinski definition) is 2. The summed E-state index contributed by atoms with van der Waals surface area (Å²) in [5.41, 5.74) is 1.36. The van der Waals surface area contributed by atoms with Crippen molar-refractivity contribution in [3.63, 3.8) is 0 Å². The fraction of sp³-hybridized carbons (Fsp3) is 0.556. The van der Waals surface area contributed by atoms with E-state index in [0.29, 0.717) is 19.5 Å². The molecule has 2 amide bonds. The molecule has 23 heavy (non-hydrogen) atoms. The van der Waals surface area contributed by atoms with Crippen LogP contribution in [0.3, 0.4) is 0 Å². The van der Waals surface area contributed by atoms with Gasteiger partial charge in [0.25, 0.3) is 0 Å². The molecule has 0 spiro atoms. The molecular formula is C18H26N2O3. The van der Waals surface area contributed by atoms with Crippen LogP contribution in [0, 0.1) is 12.3 Å². The Morgan fingerprint density at radius 3 is 2.43 bits per heavy atom. The van der Waals surface area contributed by atoms with Gasteiger partial charge in [0.05, 0.1) is 5.41 Å². The van der Waals surface area contributed by atoms with Crippen LogP contribution in [0.15, 0.2) is 24.3 Å². The normalized spacial score (nSPS) is 21.3. The minimum absolute atomic E-state index is 0.181. The second kappa shape index (κ2) is 6.22. The molecule has 0 radical (unpaired) electrons. The van der Waals surface area contributed by atoms with E-state index in [9.17, 15) is 14.7 Å². The fourth-order valence-electron chi connectivity index (χ4n) is 2.82. The summed E-state index contributed by atoms with van der Waals surface area (Å²) in [5, 5.41) is 12.2. The molecular weight excluding hydrogens is 292 g/mol. The van der Waals surface area contributed by atoms with Gasteiger partial charge in [0.15, 0.2) is 0 Å². The molecule has 2 rings (SSSR count). The van der Waals surface area contributed by atoms with Gasteiger partial charge in [0.2, 0.25) is 0 Å². The Bertz CT molecular complexity index is 595. The Kier molecular flexibility index (Phi) is 4.68. The van der Waals surface area contributed by atoms with E-state index in [1.165, 1.54) is 11.1 Å². The van der Waals surface area contributed by atoms with Gasteiger partial charge in [-0.25, -0.2) is 4.79 Å². The first-order chi connectivity index (χ1) is 10.6. The molecule has 1 unspecified atom stereocenters. The van der Waals surface area contributed by atoms with Crippen molar-refractivity contribution in [1.82, 2.24) is 10.2 Å². The maximum absolute atomic E-state index is 12.3. The molecule has 1 aliphatic rings. The van der Waals surface area contributed by atoms with Crippen LogP contribution in [0.1, 0.15) is 38.3 Å². The summed E-state index contributed by atoms with van der Waals surface area (Å²) in [6.07, 6.45) is 0.497. The Labute approximate surface area is 137 Å². The van der Waals surface area contributed by atoms with Crippen LogP contribution in [0.25, 0.3) is 0 Å². The number of aliphatic carboxylic acids is 1. The van der Waals surface area contributed by atoms with Gasteiger partial charge in [-0.3, -0.25) is 4.79 Å². The molecule has 1 aliphatic heterocycles. The van der Waals surface area contributed by atoms with Gasteiger partial charge in [-0.1, -0.05) is 43.7 Å². The average molecular weight is 318 g/mol. The van der Waals surface area contributed by atoms with Gasteiger partial charge >= 0.3 is 12.0 Å². The Morgan fingerprint density at radius 1 is 1.30 bits per heavy atom. The van der Waals surface area contributed by atoms with E-state index in [1.807, 2.05) is 6.92 Å². The maximum atomic E-state index is 12.3. The zero-order valence-electron chi connectivity index (χ0n) is 14.3. The molecule has 1 aromatic carbocycles. The smallest absolute Gasteiger partial charge is 0.317 e. The van der Waals surface area contributed by atoms with Gasteiger partial charge in [-0.2, -0.15) is 0 Å². The quantitative estimate of drug-likeness (QED) is 0.897. The van der Waals surface area contributed by atoms with Gasteiger partial charge in [0, 0.05) is 25.0 Å². The second-order valence-corrected chi connectivity index (χ2v) is 7.45. The van der Waals surface area contributed by atoms with E-state index >= 15 is 0 Å². The van der Waals surface area contributed by atoms with Gasteiger partial charge in [-0.15, -0.1) is 0 Å². The van der Waals surface area contributed by atoms with Crippen molar-refractivity contribution < 1.29 is 14.7 Å². The molecule has 1 atom stereocenters. The number of nitrogens with zero attached hydrogens (tertiary/aromatic N) is 1. The molecule has 0 aliphatic carbocycles. The largest absolute Gasteiger partial charge is 0.481 e. The number of aryl methyl sites for hydroxylation is 1. The number of hydrogen-bond donors (Lipinski definition) is 2. The number of nitrogens with one attached hydrogen (secondary N) is 1. The fourth-order valence-corrected chi connectivity index (χ4v) is 2.82. The lowest BCUT2D eigenvalue weighted by Crippen LogP contribution is -2.45. The lowest BCUT2D eigenvalue weighted by atomic mass is 9.84. The van der Waals surface area contributed by atoms with Gasteiger partial charge in [0.1, 0.15) is 0 Å². The summed E-state index contributed by atoms with van der Waals surface area (Å²) in [4.78, 5) is 25.2. The molecule has 1 fully saturated rings. The van der Waals surface area contributed by atoms with Crippen molar-refractivity contribution in [2.24, 2.45) is 5.41 Å². The number of amides is 2. The first-order valence-corrected chi connectivity index (χ1v) is 7.97. The van der Waals surface area contributed by atoms with Gasteiger partial charge in [-0.05, 0) is 25.8 Å². The molecule has 5 heteroatoms. The number of carboxylic acids is 1. The Hall–Kier alpha value is -2.04. The van der Waals surface area contributed by atoms with Crippen molar-refractivity contribution in [2.75, 3.05) is 19.6 Å². The lowest BCUT2D eigenvalue weighted by Gasteiger charge is -2.28. The van der Waals surface area contributed by atoms with E-state index in [1.54, 1.807) is 11.8 Å². The topological polar surface area (TPSA) is 69.6 Å². The van der Waals surface area contributed by atoms with Crippen LogP contribution in [-0.2, 0) is 10.2 Å². The van der Waals surface area contributed by atoms with Crippen molar-refractivity contribution in [3.8, 4) is 0 Å². The van der Waals surface area contributed by atoms with Crippen LogP contribution in [0.2, 0.25) is 0 Å². The van der Waals surface area contributed by atoms with E-state index < -0.39 is 11.4 Å². The highest BCUT2D eigenvalue weighted by Crippen LogP contribution is 2.30. The molecule has 0 saturated carbocycles. The number of benzene rings is 1. The zero-order valence-corrected chi connectivity index (χ0v) is 14.3. The first kappa shape index (κ1) is 17.3. The Balaban J connectivity index is 1.94. The first-order valence-electron chi connectivity index (χ1n) is 7.97. The summed E-state index contributed by atoms with van der Waals surface area (Å²) in [6.45, 7) is 9.17. The summed E-state index contributed by atoms with van der Waals surface area (Å²) < 4.78 is 0. The highest BCUT2D eigenvalue weighted by atomic mass is 16.4. The predicted molar refractivity (Wildman–Crippen MR) is 89.5 cm³/mol. The molecule has 1 heterocycles. The minimum atomic E-state index is -0.840. The van der Waals surface area contributed by atoms with Crippen LogP contribution >= 0.6 is 0 Å². The molecule has 1 saturated heterocycles. The highest BCUT2D eigenvalue weighted by Gasteiger charge is 2.42. The third kappa shape index (κ3) is 3.84. The van der Waals surface area contributed by atoms with Crippen LogP contribution in [0.4, 0.5) is 4.79 Å². The van der Waals surface area contributed by atoms with Crippen molar-refractivity contribution in [1.29, 1.82) is 0 Å². The lowest BCUT2D eigenvalue weighted by molar-refractivity contribution is -0.147. The molecule has 1 aromatic rings.